The van der Waals surface area contributed by atoms with Gasteiger partial charge in [-0.15, -0.1) is 0 Å². The third-order valence-corrected chi connectivity index (χ3v) is 3.03. The van der Waals surface area contributed by atoms with E-state index >= 15 is 0 Å². The number of rotatable bonds is 4. The second-order valence-electron chi connectivity index (χ2n) is 3.65. The van der Waals surface area contributed by atoms with Gasteiger partial charge in [0.25, 0.3) is 5.91 Å². The number of nitrogens with one attached hydrogen (secondary N) is 1. The average Bonchev–Trinajstić information content (AvgIpc) is 2.90. The number of furan rings is 1. The highest BCUT2D eigenvalue weighted by Crippen LogP contribution is 2.09. The molecule has 2 rings (SSSR count). The quantitative estimate of drug-likeness (QED) is 0.880. The molecule has 0 aliphatic carbocycles. The fourth-order valence-electron chi connectivity index (χ4n) is 1.50. The second-order valence-corrected chi connectivity index (χ2v) is 4.21. The molecule has 88 valence electrons. The van der Waals surface area contributed by atoms with Crippen molar-refractivity contribution in [2.75, 3.05) is 0 Å². The summed E-state index contributed by atoms with van der Waals surface area (Å²) in [5.41, 5.74) is 2.82. The zero-order valence-corrected chi connectivity index (χ0v) is 10.7. The number of benzene rings is 1. The molecule has 1 aromatic heterocycles. The summed E-state index contributed by atoms with van der Waals surface area (Å²) in [6.07, 6.45) is 2.92. The number of alkyl halides is 1. The lowest BCUT2D eigenvalue weighted by Crippen LogP contribution is -2.22. The molecule has 0 fully saturated rings. The third kappa shape index (κ3) is 3.20. The molecule has 0 bridgehead atoms. The van der Waals surface area contributed by atoms with E-state index in [0.717, 1.165) is 10.9 Å². The van der Waals surface area contributed by atoms with Gasteiger partial charge in [0.2, 0.25) is 0 Å². The molecule has 0 spiro atoms. The highest BCUT2D eigenvalue weighted by atomic mass is 79.9. The summed E-state index contributed by atoms with van der Waals surface area (Å²) in [7, 11) is 0. The van der Waals surface area contributed by atoms with Crippen LogP contribution < -0.4 is 5.32 Å². The maximum absolute atomic E-state index is 11.7. The molecule has 17 heavy (non-hydrogen) atoms. The lowest BCUT2D eigenvalue weighted by atomic mass is 10.1. The molecule has 3 nitrogen and oxygen atoms in total. The van der Waals surface area contributed by atoms with Gasteiger partial charge >= 0.3 is 0 Å². The Labute approximate surface area is 108 Å². The van der Waals surface area contributed by atoms with E-state index in [1.165, 1.54) is 18.1 Å². The topological polar surface area (TPSA) is 42.2 Å². The smallest absolute Gasteiger partial charge is 0.254 e. The normalized spacial score (nSPS) is 10.2. The van der Waals surface area contributed by atoms with Crippen molar-refractivity contribution in [3.8, 4) is 0 Å². The summed E-state index contributed by atoms with van der Waals surface area (Å²) >= 11 is 3.40. The van der Waals surface area contributed by atoms with Crippen LogP contribution >= 0.6 is 15.9 Å². The Balaban J connectivity index is 1.95. The van der Waals surface area contributed by atoms with Crippen LogP contribution in [-0.2, 0) is 11.9 Å². The molecule has 1 amide bonds. The van der Waals surface area contributed by atoms with Crippen molar-refractivity contribution >= 4 is 21.8 Å². The van der Waals surface area contributed by atoms with Gasteiger partial charge in [0.1, 0.15) is 6.26 Å². The van der Waals surface area contributed by atoms with Crippen LogP contribution in [0.3, 0.4) is 0 Å². The molecule has 0 saturated heterocycles. The number of hydrogen-bond acceptors (Lipinski definition) is 2. The Morgan fingerprint density at radius 2 is 2.12 bits per heavy atom. The molecule has 1 heterocycles. The fourth-order valence-corrected chi connectivity index (χ4v) is 1.85. The summed E-state index contributed by atoms with van der Waals surface area (Å²) in [5.74, 6) is -0.122. The van der Waals surface area contributed by atoms with Crippen LogP contribution in [0.2, 0.25) is 0 Å². The van der Waals surface area contributed by atoms with Crippen molar-refractivity contribution in [3.05, 3.63) is 59.5 Å². The number of hydrogen-bond donors (Lipinski definition) is 1. The van der Waals surface area contributed by atoms with E-state index in [2.05, 4.69) is 27.3 Å². The van der Waals surface area contributed by atoms with Crippen LogP contribution in [0.25, 0.3) is 0 Å². The Bertz CT molecular complexity index is 494. The van der Waals surface area contributed by atoms with Gasteiger partial charge in [0.05, 0.1) is 11.8 Å². The molecule has 0 radical (unpaired) electrons. The Kier molecular flexibility index (Phi) is 3.98. The first-order valence-corrected chi connectivity index (χ1v) is 6.36. The van der Waals surface area contributed by atoms with Crippen LogP contribution in [0.15, 0.2) is 47.3 Å². The van der Waals surface area contributed by atoms with Crippen molar-refractivity contribution in [1.82, 2.24) is 5.32 Å². The van der Waals surface area contributed by atoms with Crippen molar-refractivity contribution in [3.63, 3.8) is 0 Å². The SMILES string of the molecule is O=C(NCc1cccc(CBr)c1)c1ccoc1. The van der Waals surface area contributed by atoms with Crippen LogP contribution in [0, 0.1) is 0 Å². The van der Waals surface area contributed by atoms with Gasteiger partial charge < -0.3 is 9.73 Å². The monoisotopic (exact) mass is 293 g/mol. The van der Waals surface area contributed by atoms with E-state index in [9.17, 15) is 4.79 Å². The second kappa shape index (κ2) is 5.68. The maximum Gasteiger partial charge on any atom is 0.254 e. The summed E-state index contributed by atoms with van der Waals surface area (Å²) in [6, 6.07) is 9.71. The van der Waals surface area contributed by atoms with Crippen LogP contribution in [0.1, 0.15) is 21.5 Å². The van der Waals surface area contributed by atoms with E-state index in [1.54, 1.807) is 6.07 Å². The van der Waals surface area contributed by atoms with Gasteiger partial charge in [-0.05, 0) is 17.2 Å². The molecule has 0 saturated carbocycles. The van der Waals surface area contributed by atoms with Crippen LogP contribution in [-0.4, -0.2) is 5.91 Å². The number of amides is 1. The lowest BCUT2D eigenvalue weighted by molar-refractivity contribution is 0.0950. The van der Waals surface area contributed by atoms with Crippen molar-refractivity contribution in [1.29, 1.82) is 0 Å². The molecule has 0 unspecified atom stereocenters. The molecule has 0 atom stereocenters. The van der Waals surface area contributed by atoms with E-state index < -0.39 is 0 Å². The standard InChI is InChI=1S/C13H12BrNO2/c14-7-10-2-1-3-11(6-10)8-15-13(16)12-4-5-17-9-12/h1-6,9H,7-8H2,(H,15,16). The summed E-state index contributed by atoms with van der Waals surface area (Å²) < 4.78 is 4.86. The van der Waals surface area contributed by atoms with Gasteiger partial charge in [0.15, 0.2) is 0 Å². The summed E-state index contributed by atoms with van der Waals surface area (Å²) in [6.45, 7) is 0.519. The van der Waals surface area contributed by atoms with Gasteiger partial charge in [-0.2, -0.15) is 0 Å². The number of carbonyl (C=O) groups excluding carboxylic acids is 1. The summed E-state index contributed by atoms with van der Waals surface area (Å²) in [5, 5.41) is 3.65. The zero-order valence-electron chi connectivity index (χ0n) is 9.15. The minimum absolute atomic E-state index is 0.122. The van der Waals surface area contributed by atoms with Crippen molar-refractivity contribution in [2.45, 2.75) is 11.9 Å². The van der Waals surface area contributed by atoms with Crippen LogP contribution in [0.4, 0.5) is 0 Å². The van der Waals surface area contributed by atoms with Gasteiger partial charge in [-0.25, -0.2) is 0 Å². The number of carbonyl (C=O) groups is 1. The Morgan fingerprint density at radius 3 is 2.82 bits per heavy atom. The first kappa shape index (κ1) is 11.9. The van der Waals surface area contributed by atoms with Gasteiger partial charge in [-0.3, -0.25) is 4.79 Å². The Morgan fingerprint density at radius 1 is 1.29 bits per heavy atom. The zero-order chi connectivity index (χ0) is 12.1. The van der Waals surface area contributed by atoms with E-state index in [4.69, 9.17) is 4.42 Å². The fraction of sp³-hybridized carbons (Fsp3) is 0.154. The first-order chi connectivity index (χ1) is 8.29. The largest absolute Gasteiger partial charge is 0.472 e. The van der Waals surface area contributed by atoms with E-state index in [1.807, 2.05) is 18.2 Å². The molecule has 1 N–H and O–H groups in total. The summed E-state index contributed by atoms with van der Waals surface area (Å²) in [4.78, 5) is 11.7. The minimum Gasteiger partial charge on any atom is -0.472 e. The molecule has 1 aromatic carbocycles. The predicted molar refractivity (Wildman–Crippen MR) is 69.0 cm³/mol. The lowest BCUT2D eigenvalue weighted by Gasteiger charge is -2.05. The number of halogens is 1. The highest BCUT2D eigenvalue weighted by molar-refractivity contribution is 9.08. The Hall–Kier alpha value is -1.55. The van der Waals surface area contributed by atoms with Gasteiger partial charge in [-0.1, -0.05) is 40.2 Å². The molecule has 0 aliphatic heterocycles. The van der Waals surface area contributed by atoms with E-state index in [-0.39, 0.29) is 5.91 Å². The predicted octanol–water partition coefficient (Wildman–Crippen LogP) is 3.10. The first-order valence-electron chi connectivity index (χ1n) is 5.24. The molecular formula is C13H12BrNO2. The average molecular weight is 294 g/mol. The van der Waals surface area contributed by atoms with Crippen molar-refractivity contribution in [2.24, 2.45) is 0 Å². The maximum atomic E-state index is 11.7. The third-order valence-electron chi connectivity index (χ3n) is 2.38. The van der Waals surface area contributed by atoms with Crippen LogP contribution in [0.5, 0.6) is 0 Å². The van der Waals surface area contributed by atoms with E-state index in [0.29, 0.717) is 12.1 Å². The van der Waals surface area contributed by atoms with Gasteiger partial charge in [0, 0.05) is 11.9 Å². The molecular weight excluding hydrogens is 282 g/mol. The molecule has 2 aromatic rings. The van der Waals surface area contributed by atoms with Crippen molar-refractivity contribution < 1.29 is 9.21 Å². The molecule has 0 aliphatic rings. The molecule has 4 heteroatoms. The minimum atomic E-state index is -0.122. The highest BCUT2D eigenvalue weighted by Gasteiger charge is 2.05.